The molecule has 0 aromatic heterocycles. The van der Waals surface area contributed by atoms with Gasteiger partial charge in [0.1, 0.15) is 11.6 Å². The molecule has 0 radical (unpaired) electrons. The van der Waals surface area contributed by atoms with Crippen molar-refractivity contribution in [1.29, 1.82) is 0 Å². The zero-order valence-corrected chi connectivity index (χ0v) is 20.0. The highest BCUT2D eigenvalue weighted by Gasteiger charge is 2.39. The van der Waals surface area contributed by atoms with Crippen LogP contribution >= 0.6 is 0 Å². The van der Waals surface area contributed by atoms with Crippen LogP contribution in [0.1, 0.15) is 69.4 Å². The normalized spacial score (nSPS) is 26.2. The van der Waals surface area contributed by atoms with Crippen molar-refractivity contribution >= 4 is 0 Å². The monoisotopic (exact) mass is 474 g/mol. The number of alkyl halides is 2. The Bertz CT molecular complexity index is 999. The third-order valence-electron chi connectivity index (χ3n) is 7.47. The fourth-order valence-electron chi connectivity index (χ4n) is 5.24. The molecule has 2 aromatic carbocycles. The first kappa shape index (κ1) is 25.0. The summed E-state index contributed by atoms with van der Waals surface area (Å²) in [5, 5.41) is 0. The molecular weight excluding hydrogens is 440 g/mol. The molecule has 2 aliphatic rings. The van der Waals surface area contributed by atoms with E-state index in [1.54, 1.807) is 13.0 Å². The first-order chi connectivity index (χ1) is 16.2. The molecule has 0 atom stereocenters. The van der Waals surface area contributed by atoms with Crippen LogP contribution in [0.4, 0.5) is 17.6 Å². The molecule has 1 nitrogen and oxygen atoms in total. The maximum atomic E-state index is 14.8. The van der Waals surface area contributed by atoms with Gasteiger partial charge in [0.05, 0.1) is 11.7 Å². The second kappa shape index (κ2) is 10.6. The molecular formula is C29H34F4O. The summed E-state index contributed by atoms with van der Waals surface area (Å²) in [6, 6.07) is 7.83. The summed E-state index contributed by atoms with van der Waals surface area (Å²) >= 11 is 0. The van der Waals surface area contributed by atoms with Crippen molar-refractivity contribution in [2.75, 3.05) is 0 Å². The van der Waals surface area contributed by atoms with Crippen molar-refractivity contribution in [3.63, 3.8) is 0 Å². The van der Waals surface area contributed by atoms with E-state index in [0.717, 1.165) is 36.5 Å². The number of rotatable bonds is 6. The minimum absolute atomic E-state index is 0.175. The van der Waals surface area contributed by atoms with E-state index in [2.05, 4.69) is 19.1 Å². The highest BCUT2D eigenvalue weighted by atomic mass is 19.3. The quantitative estimate of drug-likeness (QED) is 0.300. The Kier molecular flexibility index (Phi) is 7.81. The highest BCUT2D eigenvalue weighted by Crippen LogP contribution is 2.39. The van der Waals surface area contributed by atoms with Gasteiger partial charge in [-0.15, -0.1) is 0 Å². The van der Waals surface area contributed by atoms with Gasteiger partial charge in [0.25, 0.3) is 0 Å². The van der Waals surface area contributed by atoms with Gasteiger partial charge in [-0.1, -0.05) is 50.1 Å². The number of aryl methyl sites for hydroxylation is 1. The van der Waals surface area contributed by atoms with Crippen LogP contribution in [0.2, 0.25) is 0 Å². The van der Waals surface area contributed by atoms with Crippen LogP contribution in [0.15, 0.2) is 48.6 Å². The van der Waals surface area contributed by atoms with Crippen LogP contribution in [0.3, 0.4) is 0 Å². The number of halogens is 4. The van der Waals surface area contributed by atoms with E-state index in [9.17, 15) is 17.6 Å². The van der Waals surface area contributed by atoms with Crippen molar-refractivity contribution in [2.24, 2.45) is 17.8 Å². The Balaban J connectivity index is 1.34. The number of benzene rings is 2. The van der Waals surface area contributed by atoms with Crippen molar-refractivity contribution in [3.8, 4) is 11.1 Å². The minimum Gasteiger partial charge on any atom is -0.313 e. The number of hydrogen-bond donors (Lipinski definition) is 0. The molecule has 0 aliphatic heterocycles. The van der Waals surface area contributed by atoms with Gasteiger partial charge in [0.15, 0.2) is 0 Å². The van der Waals surface area contributed by atoms with Gasteiger partial charge in [0, 0.05) is 5.56 Å². The van der Waals surface area contributed by atoms with Gasteiger partial charge < -0.3 is 4.74 Å². The molecule has 0 spiro atoms. The number of ether oxygens (including phenoxy) is 1. The molecule has 2 fully saturated rings. The van der Waals surface area contributed by atoms with Gasteiger partial charge in [-0.3, -0.25) is 0 Å². The van der Waals surface area contributed by atoms with E-state index in [0.29, 0.717) is 24.7 Å². The lowest BCUT2D eigenvalue weighted by Gasteiger charge is -2.31. The zero-order valence-electron chi connectivity index (χ0n) is 20.0. The summed E-state index contributed by atoms with van der Waals surface area (Å²) in [6.07, 6.45) is 7.96. The fourth-order valence-corrected chi connectivity index (χ4v) is 5.24. The maximum Gasteiger partial charge on any atom is 0.386 e. The third kappa shape index (κ3) is 6.10. The molecule has 34 heavy (non-hydrogen) atoms. The molecule has 0 N–H and O–H groups in total. The maximum absolute atomic E-state index is 14.8. The largest absolute Gasteiger partial charge is 0.386 e. The summed E-state index contributed by atoms with van der Waals surface area (Å²) in [6.45, 7) is 4.05. The lowest BCUT2D eigenvalue weighted by molar-refractivity contribution is -0.279. The van der Waals surface area contributed by atoms with E-state index in [1.807, 2.05) is 0 Å². The lowest BCUT2D eigenvalue weighted by Crippen LogP contribution is -2.30. The Morgan fingerprint density at radius 1 is 0.794 bits per heavy atom. The first-order valence-electron chi connectivity index (χ1n) is 12.5. The van der Waals surface area contributed by atoms with Gasteiger partial charge >= 0.3 is 6.11 Å². The van der Waals surface area contributed by atoms with Crippen molar-refractivity contribution in [3.05, 3.63) is 71.3 Å². The summed E-state index contributed by atoms with van der Waals surface area (Å²) in [5.74, 6) is 0.255. The molecule has 0 heterocycles. The SMILES string of the molecule is Cc1ccc(-c2ccc(C(F)(F)OC3CCC(/C=C/C4CCC(C)CC4)CC3)c(F)c2)c(F)c1. The Labute approximate surface area is 200 Å². The molecule has 5 heteroatoms. The molecule has 0 saturated heterocycles. The van der Waals surface area contributed by atoms with Gasteiger partial charge in [-0.2, -0.15) is 8.78 Å². The molecule has 184 valence electrons. The summed E-state index contributed by atoms with van der Waals surface area (Å²) in [4.78, 5) is 0. The second-order valence-corrected chi connectivity index (χ2v) is 10.3. The summed E-state index contributed by atoms with van der Waals surface area (Å²) in [5.41, 5.74) is 0.313. The summed E-state index contributed by atoms with van der Waals surface area (Å²) < 4.78 is 63.7. The van der Waals surface area contributed by atoms with E-state index < -0.39 is 29.4 Å². The third-order valence-corrected chi connectivity index (χ3v) is 7.47. The standard InChI is InChI=1S/C29H34F4O/c1-19-3-6-21(7-4-19)8-9-22-10-13-24(14-11-22)34-29(32,33)26-16-12-23(18-28(26)31)25-15-5-20(2)17-27(25)30/h5,8-9,12,15-19,21-22,24H,3-4,6-7,10-11,13-14H2,1-2H3/b9-8+. The van der Waals surface area contributed by atoms with Crippen LogP contribution in [-0.4, -0.2) is 6.10 Å². The van der Waals surface area contributed by atoms with E-state index in [-0.39, 0.29) is 11.1 Å². The predicted molar refractivity (Wildman–Crippen MR) is 128 cm³/mol. The Hall–Kier alpha value is -2.14. The van der Waals surface area contributed by atoms with Gasteiger partial charge in [-0.25, -0.2) is 8.78 Å². The van der Waals surface area contributed by atoms with E-state index >= 15 is 0 Å². The fraction of sp³-hybridized carbons (Fsp3) is 0.517. The average Bonchev–Trinajstić information content (AvgIpc) is 2.79. The molecule has 0 amide bonds. The van der Waals surface area contributed by atoms with Crippen molar-refractivity contribution in [1.82, 2.24) is 0 Å². The van der Waals surface area contributed by atoms with Crippen LogP contribution in [0.5, 0.6) is 0 Å². The molecule has 2 aromatic rings. The van der Waals surface area contributed by atoms with E-state index in [1.165, 1.54) is 43.9 Å². The minimum atomic E-state index is -3.74. The van der Waals surface area contributed by atoms with Gasteiger partial charge in [-0.05, 0) is 92.5 Å². The molecule has 2 saturated carbocycles. The number of hydrogen-bond acceptors (Lipinski definition) is 1. The Morgan fingerprint density at radius 3 is 2.00 bits per heavy atom. The second-order valence-electron chi connectivity index (χ2n) is 10.3. The Morgan fingerprint density at radius 2 is 1.41 bits per heavy atom. The van der Waals surface area contributed by atoms with Crippen LogP contribution in [0, 0.1) is 36.3 Å². The smallest absolute Gasteiger partial charge is 0.313 e. The predicted octanol–water partition coefficient (Wildman–Crippen LogP) is 8.95. The first-order valence-corrected chi connectivity index (χ1v) is 12.5. The average molecular weight is 475 g/mol. The molecule has 4 rings (SSSR count). The highest BCUT2D eigenvalue weighted by molar-refractivity contribution is 5.65. The summed E-state index contributed by atoms with van der Waals surface area (Å²) in [7, 11) is 0. The molecule has 0 bridgehead atoms. The topological polar surface area (TPSA) is 9.23 Å². The van der Waals surface area contributed by atoms with Crippen LogP contribution < -0.4 is 0 Å². The lowest BCUT2D eigenvalue weighted by atomic mass is 9.81. The van der Waals surface area contributed by atoms with Crippen molar-refractivity contribution in [2.45, 2.75) is 77.4 Å². The van der Waals surface area contributed by atoms with Gasteiger partial charge in [0.2, 0.25) is 0 Å². The van der Waals surface area contributed by atoms with Crippen molar-refractivity contribution < 1.29 is 22.3 Å². The van der Waals surface area contributed by atoms with E-state index in [4.69, 9.17) is 4.74 Å². The van der Waals surface area contributed by atoms with Crippen LogP contribution in [0.25, 0.3) is 11.1 Å². The molecule has 0 unspecified atom stereocenters. The van der Waals surface area contributed by atoms with Crippen LogP contribution in [-0.2, 0) is 10.8 Å². The number of allylic oxidation sites excluding steroid dienone is 2. The molecule has 2 aliphatic carbocycles. The zero-order chi connectivity index (χ0) is 24.3.